The van der Waals surface area contributed by atoms with E-state index < -0.39 is 22.6 Å². The molecule has 1 heterocycles. The Bertz CT molecular complexity index is 1110. The van der Waals surface area contributed by atoms with Gasteiger partial charge in [-0.2, -0.15) is 0 Å². The summed E-state index contributed by atoms with van der Waals surface area (Å²) in [6.45, 7) is 7.62. The number of carbonyl (C=O) groups excluding carboxylic acids is 1. The number of amides is 1. The van der Waals surface area contributed by atoms with Crippen molar-refractivity contribution in [2.45, 2.75) is 38.8 Å². The van der Waals surface area contributed by atoms with E-state index in [0.717, 1.165) is 11.1 Å². The zero-order valence-electron chi connectivity index (χ0n) is 17.3. The van der Waals surface area contributed by atoms with Crippen LogP contribution in [-0.4, -0.2) is 13.0 Å². The summed E-state index contributed by atoms with van der Waals surface area (Å²) in [4.78, 5) is 25.2. The molecule has 0 fully saturated rings. The molecule has 6 heteroatoms. The lowest BCUT2D eigenvalue weighted by Gasteiger charge is -2.28. The van der Waals surface area contributed by atoms with Crippen LogP contribution in [0.3, 0.4) is 0 Å². The molecule has 3 N–H and O–H groups in total. The largest absolute Gasteiger partial charge is 0.497 e. The molecule has 6 nitrogen and oxygen atoms in total. The highest BCUT2D eigenvalue weighted by atomic mass is 16.5. The maximum atomic E-state index is 12.8. The van der Waals surface area contributed by atoms with E-state index in [2.05, 4.69) is 5.32 Å². The molecule has 0 aliphatic carbocycles. The summed E-state index contributed by atoms with van der Waals surface area (Å²) in [7, 11) is 1.53. The van der Waals surface area contributed by atoms with E-state index in [0.29, 0.717) is 16.7 Å². The van der Waals surface area contributed by atoms with Crippen LogP contribution in [0, 0.1) is 0 Å². The minimum atomic E-state index is -0.699. The van der Waals surface area contributed by atoms with Crippen LogP contribution in [0.5, 0.6) is 5.75 Å². The molecule has 2 aromatic carbocycles. The van der Waals surface area contributed by atoms with Gasteiger partial charge < -0.3 is 20.2 Å². The van der Waals surface area contributed by atoms with Gasteiger partial charge in [-0.05, 0) is 57.0 Å². The lowest BCUT2D eigenvalue weighted by atomic mass is 9.89. The first kappa shape index (κ1) is 20.6. The SMILES string of the molecule is COc1ccc2cc(C(=O)NC(C)(C)c3ccc(C(C)(C)N)cc3)c(=O)oc2c1. The Morgan fingerprint density at radius 2 is 1.62 bits per heavy atom. The Hall–Kier alpha value is -3.12. The average Bonchev–Trinajstić information content (AvgIpc) is 2.66. The number of methoxy groups -OCH3 is 1. The van der Waals surface area contributed by atoms with Gasteiger partial charge >= 0.3 is 5.63 Å². The number of nitrogens with one attached hydrogen (secondary N) is 1. The minimum Gasteiger partial charge on any atom is -0.497 e. The number of ether oxygens (including phenoxy) is 1. The Morgan fingerprint density at radius 1 is 1.00 bits per heavy atom. The van der Waals surface area contributed by atoms with Crippen molar-refractivity contribution < 1.29 is 13.9 Å². The first-order valence-corrected chi connectivity index (χ1v) is 9.35. The number of nitrogens with two attached hydrogens (primary N) is 1. The number of rotatable bonds is 5. The predicted octanol–water partition coefficient (Wildman–Crippen LogP) is 3.66. The summed E-state index contributed by atoms with van der Waals surface area (Å²) in [5.74, 6) is 0.0767. The predicted molar refractivity (Wildman–Crippen MR) is 113 cm³/mol. The van der Waals surface area contributed by atoms with Crippen molar-refractivity contribution in [3.8, 4) is 5.75 Å². The fourth-order valence-electron chi connectivity index (χ4n) is 3.12. The highest BCUT2D eigenvalue weighted by Gasteiger charge is 2.26. The smallest absolute Gasteiger partial charge is 0.349 e. The molecule has 0 radical (unpaired) electrons. The molecule has 0 saturated carbocycles. The van der Waals surface area contributed by atoms with Gasteiger partial charge in [-0.15, -0.1) is 0 Å². The second kappa shape index (κ2) is 7.37. The van der Waals surface area contributed by atoms with Gasteiger partial charge in [0.15, 0.2) is 0 Å². The number of benzene rings is 2. The summed E-state index contributed by atoms with van der Waals surface area (Å²) >= 11 is 0. The standard InChI is InChI=1S/C23H26N2O4/c1-22(2,24)15-7-9-16(10-8-15)23(3,4)25-20(26)18-12-14-6-11-17(28-5)13-19(14)29-21(18)27/h6-13H,24H2,1-5H3,(H,25,26). The first-order chi connectivity index (χ1) is 13.5. The van der Waals surface area contributed by atoms with Crippen molar-refractivity contribution in [2.24, 2.45) is 5.73 Å². The second-order valence-electron chi connectivity index (χ2n) is 8.23. The maximum Gasteiger partial charge on any atom is 0.349 e. The monoisotopic (exact) mass is 394 g/mol. The number of carbonyl (C=O) groups is 1. The van der Waals surface area contributed by atoms with Crippen LogP contribution in [0.1, 0.15) is 49.2 Å². The van der Waals surface area contributed by atoms with E-state index in [9.17, 15) is 9.59 Å². The van der Waals surface area contributed by atoms with Crippen LogP contribution in [-0.2, 0) is 11.1 Å². The summed E-state index contributed by atoms with van der Waals surface area (Å²) < 4.78 is 10.5. The van der Waals surface area contributed by atoms with E-state index in [1.807, 2.05) is 52.0 Å². The van der Waals surface area contributed by atoms with Crippen molar-refractivity contribution in [2.75, 3.05) is 7.11 Å². The quantitative estimate of drug-likeness (QED) is 0.644. The maximum absolute atomic E-state index is 12.8. The van der Waals surface area contributed by atoms with Crippen LogP contribution in [0.4, 0.5) is 0 Å². The molecule has 0 aliphatic heterocycles. The van der Waals surface area contributed by atoms with Crippen LogP contribution >= 0.6 is 0 Å². The average molecular weight is 394 g/mol. The van der Waals surface area contributed by atoms with Gasteiger partial charge in [-0.25, -0.2) is 4.79 Å². The van der Waals surface area contributed by atoms with E-state index >= 15 is 0 Å². The lowest BCUT2D eigenvalue weighted by Crippen LogP contribution is -2.42. The Morgan fingerprint density at radius 3 is 2.21 bits per heavy atom. The highest BCUT2D eigenvalue weighted by molar-refractivity contribution is 5.97. The van der Waals surface area contributed by atoms with Gasteiger partial charge in [0.25, 0.3) is 5.91 Å². The normalized spacial score (nSPS) is 12.1. The van der Waals surface area contributed by atoms with E-state index in [1.54, 1.807) is 18.2 Å². The van der Waals surface area contributed by atoms with Gasteiger partial charge in [0.1, 0.15) is 16.9 Å². The first-order valence-electron chi connectivity index (χ1n) is 9.35. The van der Waals surface area contributed by atoms with Gasteiger partial charge in [0.2, 0.25) is 0 Å². The van der Waals surface area contributed by atoms with Gasteiger partial charge in [-0.1, -0.05) is 24.3 Å². The Balaban J connectivity index is 1.88. The molecule has 152 valence electrons. The molecule has 0 saturated heterocycles. The van der Waals surface area contributed by atoms with Crippen LogP contribution in [0.25, 0.3) is 11.0 Å². The van der Waals surface area contributed by atoms with Gasteiger partial charge in [0.05, 0.1) is 12.6 Å². The molecule has 0 aliphatic rings. The third kappa shape index (κ3) is 4.32. The van der Waals surface area contributed by atoms with Crippen molar-refractivity contribution in [1.82, 2.24) is 5.32 Å². The summed E-state index contributed by atoms with van der Waals surface area (Å²) in [6.07, 6.45) is 0. The molecule has 0 unspecified atom stereocenters. The van der Waals surface area contributed by atoms with Crippen LogP contribution < -0.4 is 21.4 Å². The number of fused-ring (bicyclic) bond motifs is 1. The lowest BCUT2D eigenvalue weighted by molar-refractivity contribution is 0.0908. The fraction of sp³-hybridized carbons (Fsp3) is 0.304. The zero-order chi connectivity index (χ0) is 21.4. The Kier molecular flexibility index (Phi) is 5.24. The Labute approximate surface area is 169 Å². The van der Waals surface area contributed by atoms with Gasteiger partial charge in [-0.3, -0.25) is 4.79 Å². The van der Waals surface area contributed by atoms with Crippen LogP contribution in [0.2, 0.25) is 0 Å². The van der Waals surface area contributed by atoms with E-state index in [4.69, 9.17) is 14.9 Å². The van der Waals surface area contributed by atoms with Gasteiger partial charge in [0, 0.05) is 17.0 Å². The summed E-state index contributed by atoms with van der Waals surface area (Å²) in [5, 5.41) is 3.56. The van der Waals surface area contributed by atoms with Crippen LogP contribution in [0.15, 0.2) is 57.7 Å². The second-order valence-corrected chi connectivity index (χ2v) is 8.23. The molecule has 3 aromatic rings. The number of hydrogen-bond acceptors (Lipinski definition) is 5. The summed E-state index contributed by atoms with van der Waals surface area (Å²) in [5.41, 5.74) is 6.50. The van der Waals surface area contributed by atoms with E-state index in [-0.39, 0.29) is 5.56 Å². The third-order valence-electron chi connectivity index (χ3n) is 4.96. The molecule has 3 rings (SSSR count). The number of hydrogen-bond donors (Lipinski definition) is 2. The molecule has 0 atom stereocenters. The van der Waals surface area contributed by atoms with Crippen molar-refractivity contribution in [1.29, 1.82) is 0 Å². The molecular weight excluding hydrogens is 368 g/mol. The highest BCUT2D eigenvalue weighted by Crippen LogP contribution is 2.25. The molecule has 0 spiro atoms. The molecule has 29 heavy (non-hydrogen) atoms. The van der Waals surface area contributed by atoms with Crippen molar-refractivity contribution >= 4 is 16.9 Å². The molecular formula is C23H26N2O4. The van der Waals surface area contributed by atoms with E-state index in [1.165, 1.54) is 13.2 Å². The minimum absolute atomic E-state index is 0.0459. The molecule has 0 bridgehead atoms. The third-order valence-corrected chi connectivity index (χ3v) is 4.96. The summed E-state index contributed by atoms with van der Waals surface area (Å²) in [6, 6.07) is 14.4. The van der Waals surface area contributed by atoms with Crippen molar-refractivity contribution in [3.05, 3.63) is 75.6 Å². The fourth-order valence-corrected chi connectivity index (χ4v) is 3.12. The molecule has 1 amide bonds. The topological polar surface area (TPSA) is 94.6 Å². The zero-order valence-corrected chi connectivity index (χ0v) is 17.3. The molecule has 1 aromatic heterocycles. The van der Waals surface area contributed by atoms with Crippen molar-refractivity contribution in [3.63, 3.8) is 0 Å².